The molecule has 2 amide bonds. The lowest BCUT2D eigenvalue weighted by atomic mass is 10.1. The molecule has 2 heterocycles. The SMILES string of the molecule is CC(=O)Nc1cc(C(=O)NCCc2ccc3c(c2)OCO3)nn1-c1ccccc1. The van der Waals surface area contributed by atoms with E-state index >= 15 is 0 Å². The Morgan fingerprint density at radius 3 is 2.66 bits per heavy atom. The molecule has 8 nitrogen and oxygen atoms in total. The number of hydrogen-bond acceptors (Lipinski definition) is 5. The minimum absolute atomic E-state index is 0.225. The molecule has 0 saturated carbocycles. The number of hydrogen-bond donors (Lipinski definition) is 2. The lowest BCUT2D eigenvalue weighted by Gasteiger charge is -2.06. The maximum Gasteiger partial charge on any atom is 0.271 e. The predicted octanol–water partition coefficient (Wildman–Crippen LogP) is 2.53. The van der Waals surface area contributed by atoms with Crippen molar-refractivity contribution < 1.29 is 19.1 Å². The van der Waals surface area contributed by atoms with Crippen molar-refractivity contribution in [2.45, 2.75) is 13.3 Å². The molecule has 3 aromatic rings. The summed E-state index contributed by atoms with van der Waals surface area (Å²) < 4.78 is 12.2. The van der Waals surface area contributed by atoms with E-state index in [1.807, 2.05) is 48.5 Å². The molecule has 0 spiro atoms. The van der Waals surface area contributed by atoms with Crippen LogP contribution in [0.5, 0.6) is 11.5 Å². The molecule has 0 aliphatic carbocycles. The summed E-state index contributed by atoms with van der Waals surface area (Å²) in [7, 11) is 0. The van der Waals surface area contributed by atoms with E-state index in [-0.39, 0.29) is 24.3 Å². The van der Waals surface area contributed by atoms with Gasteiger partial charge in [0.25, 0.3) is 5.91 Å². The first-order chi connectivity index (χ1) is 14.1. The number of nitrogens with zero attached hydrogens (tertiary/aromatic N) is 2. The second kappa shape index (κ2) is 8.05. The zero-order chi connectivity index (χ0) is 20.2. The van der Waals surface area contributed by atoms with Crippen LogP contribution >= 0.6 is 0 Å². The first-order valence-corrected chi connectivity index (χ1v) is 9.20. The lowest BCUT2D eigenvalue weighted by Crippen LogP contribution is -2.26. The number of amides is 2. The second-order valence-corrected chi connectivity index (χ2v) is 6.54. The van der Waals surface area contributed by atoms with Crippen LogP contribution in [0.2, 0.25) is 0 Å². The molecular formula is C21H20N4O4. The molecule has 29 heavy (non-hydrogen) atoms. The van der Waals surface area contributed by atoms with Crippen molar-refractivity contribution in [3.63, 3.8) is 0 Å². The van der Waals surface area contributed by atoms with Crippen molar-refractivity contribution in [3.05, 3.63) is 65.9 Å². The molecule has 2 N–H and O–H groups in total. The average molecular weight is 392 g/mol. The second-order valence-electron chi connectivity index (χ2n) is 6.54. The fourth-order valence-corrected chi connectivity index (χ4v) is 3.03. The Morgan fingerprint density at radius 1 is 1.07 bits per heavy atom. The Bertz CT molecular complexity index is 1050. The number of benzene rings is 2. The highest BCUT2D eigenvalue weighted by molar-refractivity contribution is 5.95. The molecule has 0 unspecified atom stereocenters. The fourth-order valence-electron chi connectivity index (χ4n) is 3.03. The Kier molecular flexibility index (Phi) is 5.15. The van der Waals surface area contributed by atoms with Crippen LogP contribution in [-0.2, 0) is 11.2 Å². The Balaban J connectivity index is 1.44. The number of carbonyl (C=O) groups excluding carboxylic acids is 2. The van der Waals surface area contributed by atoms with Gasteiger partial charge in [0.2, 0.25) is 12.7 Å². The van der Waals surface area contributed by atoms with Gasteiger partial charge in [-0.05, 0) is 36.2 Å². The van der Waals surface area contributed by atoms with Crippen LogP contribution in [0.25, 0.3) is 5.69 Å². The van der Waals surface area contributed by atoms with Crippen LogP contribution in [0.15, 0.2) is 54.6 Å². The highest BCUT2D eigenvalue weighted by atomic mass is 16.7. The van der Waals surface area contributed by atoms with E-state index in [4.69, 9.17) is 9.47 Å². The highest BCUT2D eigenvalue weighted by Crippen LogP contribution is 2.32. The summed E-state index contributed by atoms with van der Waals surface area (Å²) in [5, 5.41) is 9.93. The van der Waals surface area contributed by atoms with Crippen LogP contribution in [0.1, 0.15) is 23.0 Å². The Morgan fingerprint density at radius 2 is 1.86 bits per heavy atom. The smallest absolute Gasteiger partial charge is 0.271 e. The van der Waals surface area contributed by atoms with Gasteiger partial charge in [-0.25, -0.2) is 4.68 Å². The van der Waals surface area contributed by atoms with Gasteiger partial charge in [0.1, 0.15) is 5.82 Å². The first kappa shape index (κ1) is 18.5. The van der Waals surface area contributed by atoms with Gasteiger partial charge in [0.15, 0.2) is 17.2 Å². The van der Waals surface area contributed by atoms with Gasteiger partial charge in [-0.1, -0.05) is 24.3 Å². The van der Waals surface area contributed by atoms with E-state index in [0.29, 0.717) is 18.8 Å². The van der Waals surface area contributed by atoms with Crippen molar-refractivity contribution in [1.82, 2.24) is 15.1 Å². The molecule has 0 saturated heterocycles. The molecule has 0 bridgehead atoms. The van der Waals surface area contributed by atoms with Crippen LogP contribution in [0.3, 0.4) is 0 Å². The highest BCUT2D eigenvalue weighted by Gasteiger charge is 2.17. The maximum absolute atomic E-state index is 12.6. The third kappa shape index (κ3) is 4.21. The Hall–Kier alpha value is -3.81. The largest absolute Gasteiger partial charge is 0.454 e. The predicted molar refractivity (Wildman–Crippen MR) is 106 cm³/mol. The third-order valence-corrected chi connectivity index (χ3v) is 4.38. The molecule has 148 valence electrons. The average Bonchev–Trinajstić information content (AvgIpc) is 3.35. The van der Waals surface area contributed by atoms with Gasteiger partial charge in [-0.2, -0.15) is 5.10 Å². The van der Waals surface area contributed by atoms with Gasteiger partial charge in [0, 0.05) is 19.5 Å². The first-order valence-electron chi connectivity index (χ1n) is 9.20. The number of para-hydroxylation sites is 1. The number of rotatable bonds is 6. The quantitative estimate of drug-likeness (QED) is 0.672. The number of nitrogens with one attached hydrogen (secondary N) is 2. The van der Waals surface area contributed by atoms with E-state index in [1.165, 1.54) is 11.6 Å². The number of carbonyl (C=O) groups is 2. The molecule has 0 fully saturated rings. The molecule has 0 atom stereocenters. The standard InChI is InChI=1S/C21H20N4O4/c1-14(26)23-20-12-17(24-25(20)16-5-3-2-4-6-16)21(27)22-10-9-15-7-8-18-19(11-15)29-13-28-18/h2-8,11-12H,9-10,13H2,1H3,(H,22,27)(H,23,26). The third-order valence-electron chi connectivity index (χ3n) is 4.38. The summed E-state index contributed by atoms with van der Waals surface area (Å²) in [6.07, 6.45) is 0.639. The number of fused-ring (bicyclic) bond motifs is 1. The monoisotopic (exact) mass is 392 g/mol. The summed E-state index contributed by atoms with van der Waals surface area (Å²) >= 11 is 0. The van der Waals surface area contributed by atoms with Gasteiger partial charge < -0.3 is 20.1 Å². The summed E-state index contributed by atoms with van der Waals surface area (Å²) in [6, 6.07) is 16.6. The lowest BCUT2D eigenvalue weighted by molar-refractivity contribution is -0.114. The molecule has 4 rings (SSSR count). The molecule has 8 heteroatoms. The minimum atomic E-state index is -0.313. The molecule has 2 aromatic carbocycles. The Labute approximate surface area is 167 Å². The van der Waals surface area contributed by atoms with Crippen molar-refractivity contribution in [2.75, 3.05) is 18.7 Å². The number of ether oxygens (including phenoxy) is 2. The molecule has 0 radical (unpaired) electrons. The van der Waals surface area contributed by atoms with Gasteiger partial charge in [-0.3, -0.25) is 9.59 Å². The van der Waals surface area contributed by atoms with Gasteiger partial charge in [-0.15, -0.1) is 0 Å². The van der Waals surface area contributed by atoms with Gasteiger partial charge >= 0.3 is 0 Å². The minimum Gasteiger partial charge on any atom is -0.454 e. The molecule has 1 aromatic heterocycles. The maximum atomic E-state index is 12.6. The molecule has 1 aliphatic heterocycles. The normalized spacial score (nSPS) is 11.9. The van der Waals surface area contributed by atoms with Crippen molar-refractivity contribution in [2.24, 2.45) is 0 Å². The van der Waals surface area contributed by atoms with Crippen molar-refractivity contribution >= 4 is 17.6 Å². The molecular weight excluding hydrogens is 372 g/mol. The van der Waals surface area contributed by atoms with Crippen LogP contribution in [0, 0.1) is 0 Å². The fraction of sp³-hybridized carbons (Fsp3) is 0.190. The topological polar surface area (TPSA) is 94.5 Å². The van der Waals surface area contributed by atoms with Gasteiger partial charge in [0.05, 0.1) is 5.69 Å². The zero-order valence-electron chi connectivity index (χ0n) is 15.8. The number of aromatic nitrogens is 2. The van der Waals surface area contributed by atoms with Crippen LogP contribution < -0.4 is 20.1 Å². The van der Waals surface area contributed by atoms with Crippen molar-refractivity contribution in [1.29, 1.82) is 0 Å². The van der Waals surface area contributed by atoms with Crippen LogP contribution in [-0.4, -0.2) is 34.9 Å². The zero-order valence-corrected chi connectivity index (χ0v) is 15.8. The van der Waals surface area contributed by atoms with E-state index in [9.17, 15) is 9.59 Å². The van der Waals surface area contributed by atoms with E-state index in [0.717, 1.165) is 22.7 Å². The summed E-state index contributed by atoms with van der Waals surface area (Å²) in [4.78, 5) is 24.1. The molecule has 1 aliphatic rings. The number of anilines is 1. The summed E-state index contributed by atoms with van der Waals surface area (Å²) in [6.45, 7) is 2.08. The van der Waals surface area contributed by atoms with Crippen molar-refractivity contribution in [3.8, 4) is 17.2 Å². The van der Waals surface area contributed by atoms with E-state index in [1.54, 1.807) is 6.07 Å². The van der Waals surface area contributed by atoms with Crippen LogP contribution in [0.4, 0.5) is 5.82 Å². The summed E-state index contributed by atoms with van der Waals surface area (Å²) in [5.41, 5.74) is 2.00. The van der Waals surface area contributed by atoms with E-state index < -0.39 is 0 Å². The van der Waals surface area contributed by atoms with E-state index in [2.05, 4.69) is 15.7 Å². The summed E-state index contributed by atoms with van der Waals surface area (Å²) in [5.74, 6) is 1.33.